The van der Waals surface area contributed by atoms with Crippen molar-refractivity contribution >= 4 is 17.3 Å². The fraction of sp³-hybridized carbons (Fsp3) is 0.462. The standard InChI is InChI=1S/C13H16N2O6/c1-4-5-6-10-7-11(14(17)18)8(2)12(15(19)20)13(10)21-9(3)16/h7H,4-6H2,1-3H3. The average molecular weight is 296 g/mol. The number of hydrogen-bond donors (Lipinski definition) is 0. The van der Waals surface area contributed by atoms with Crippen LogP contribution in [0, 0.1) is 27.2 Å². The van der Waals surface area contributed by atoms with Crippen molar-refractivity contribution in [1.82, 2.24) is 0 Å². The second-order valence-electron chi connectivity index (χ2n) is 4.57. The number of carbonyl (C=O) groups is 1. The summed E-state index contributed by atoms with van der Waals surface area (Å²) in [5.74, 6) is -0.895. The minimum atomic E-state index is -0.754. The molecule has 0 unspecified atom stereocenters. The van der Waals surface area contributed by atoms with E-state index in [0.29, 0.717) is 18.4 Å². The number of nitro groups is 2. The summed E-state index contributed by atoms with van der Waals surface area (Å²) in [4.78, 5) is 32.0. The first-order valence-corrected chi connectivity index (χ1v) is 6.43. The van der Waals surface area contributed by atoms with Crippen LogP contribution in [0.1, 0.15) is 37.8 Å². The maximum atomic E-state index is 11.2. The SMILES string of the molecule is CCCCc1cc([N+](=O)[O-])c(C)c([N+](=O)[O-])c1OC(C)=O. The van der Waals surface area contributed by atoms with Crippen LogP contribution in [-0.2, 0) is 11.2 Å². The summed E-state index contributed by atoms with van der Waals surface area (Å²) in [6.07, 6.45) is 1.84. The van der Waals surface area contributed by atoms with Crippen molar-refractivity contribution in [3.8, 4) is 5.75 Å². The minimum absolute atomic E-state index is 0.124. The van der Waals surface area contributed by atoms with Gasteiger partial charge in [-0.1, -0.05) is 13.3 Å². The zero-order chi connectivity index (χ0) is 16.2. The molecule has 8 nitrogen and oxygen atoms in total. The Morgan fingerprint density at radius 3 is 2.33 bits per heavy atom. The number of nitrogens with zero attached hydrogens (tertiary/aromatic N) is 2. The maximum absolute atomic E-state index is 11.2. The molecule has 1 aromatic carbocycles. The molecule has 0 amide bonds. The van der Waals surface area contributed by atoms with Crippen LogP contribution in [0.3, 0.4) is 0 Å². The molecule has 0 aliphatic heterocycles. The Bertz CT molecular complexity index is 597. The fourth-order valence-electron chi connectivity index (χ4n) is 2.00. The molecule has 0 heterocycles. The molecular weight excluding hydrogens is 280 g/mol. The lowest BCUT2D eigenvalue weighted by molar-refractivity contribution is -0.395. The molecule has 0 aliphatic carbocycles. The topological polar surface area (TPSA) is 113 Å². The molecule has 0 aromatic heterocycles. The Morgan fingerprint density at radius 1 is 1.29 bits per heavy atom. The molecule has 8 heteroatoms. The third-order valence-corrected chi connectivity index (χ3v) is 2.98. The lowest BCUT2D eigenvalue weighted by Crippen LogP contribution is -2.09. The van der Waals surface area contributed by atoms with E-state index in [2.05, 4.69) is 0 Å². The van der Waals surface area contributed by atoms with E-state index in [1.54, 1.807) is 0 Å². The minimum Gasteiger partial charge on any atom is -0.419 e. The Hall–Kier alpha value is -2.51. The van der Waals surface area contributed by atoms with Gasteiger partial charge in [0, 0.05) is 18.6 Å². The molecule has 0 atom stereocenters. The van der Waals surface area contributed by atoms with Crippen LogP contribution in [0.5, 0.6) is 5.75 Å². The van der Waals surface area contributed by atoms with Crippen molar-refractivity contribution in [2.45, 2.75) is 40.0 Å². The first-order chi connectivity index (χ1) is 9.79. The number of unbranched alkanes of at least 4 members (excludes halogenated alkanes) is 1. The van der Waals surface area contributed by atoms with Crippen molar-refractivity contribution in [3.63, 3.8) is 0 Å². The first-order valence-electron chi connectivity index (χ1n) is 6.43. The van der Waals surface area contributed by atoms with Gasteiger partial charge in [0.15, 0.2) is 0 Å². The van der Waals surface area contributed by atoms with Crippen molar-refractivity contribution in [2.75, 3.05) is 0 Å². The molecule has 21 heavy (non-hydrogen) atoms. The molecule has 1 aromatic rings. The van der Waals surface area contributed by atoms with Crippen molar-refractivity contribution in [1.29, 1.82) is 0 Å². The highest BCUT2D eigenvalue weighted by molar-refractivity contribution is 5.74. The molecule has 0 aliphatic rings. The van der Waals surface area contributed by atoms with Crippen LogP contribution in [-0.4, -0.2) is 15.8 Å². The maximum Gasteiger partial charge on any atom is 0.321 e. The van der Waals surface area contributed by atoms with Crippen LogP contribution in [0.15, 0.2) is 6.07 Å². The highest BCUT2D eigenvalue weighted by Crippen LogP contribution is 2.40. The molecule has 1 rings (SSSR count). The quantitative estimate of drug-likeness (QED) is 0.345. The normalized spacial score (nSPS) is 10.2. The summed E-state index contributed by atoms with van der Waals surface area (Å²) in [5, 5.41) is 22.2. The highest BCUT2D eigenvalue weighted by Gasteiger charge is 2.31. The first kappa shape index (κ1) is 16.5. The van der Waals surface area contributed by atoms with E-state index in [1.165, 1.54) is 13.0 Å². The summed E-state index contributed by atoms with van der Waals surface area (Å²) >= 11 is 0. The summed E-state index contributed by atoms with van der Waals surface area (Å²) < 4.78 is 4.95. The van der Waals surface area contributed by atoms with E-state index in [1.807, 2.05) is 6.92 Å². The number of aryl methyl sites for hydroxylation is 1. The average Bonchev–Trinajstić information content (AvgIpc) is 2.36. The van der Waals surface area contributed by atoms with Gasteiger partial charge in [-0.25, -0.2) is 0 Å². The summed E-state index contributed by atoms with van der Waals surface area (Å²) in [6, 6.07) is 1.25. The predicted octanol–water partition coefficient (Wildman–Crippen LogP) is 3.08. The van der Waals surface area contributed by atoms with E-state index in [4.69, 9.17) is 4.74 Å². The van der Waals surface area contributed by atoms with Gasteiger partial charge in [0.25, 0.3) is 5.69 Å². The van der Waals surface area contributed by atoms with Gasteiger partial charge in [0.05, 0.1) is 9.85 Å². The van der Waals surface area contributed by atoms with Crippen LogP contribution < -0.4 is 4.74 Å². The van der Waals surface area contributed by atoms with Gasteiger partial charge in [-0.2, -0.15) is 0 Å². The van der Waals surface area contributed by atoms with Crippen LogP contribution in [0.25, 0.3) is 0 Å². The number of rotatable bonds is 6. The lowest BCUT2D eigenvalue weighted by atomic mass is 10.0. The summed E-state index contributed by atoms with van der Waals surface area (Å²) in [6.45, 7) is 4.32. The largest absolute Gasteiger partial charge is 0.419 e. The van der Waals surface area contributed by atoms with Gasteiger partial charge in [-0.3, -0.25) is 25.0 Å². The molecule has 0 spiro atoms. The molecule has 0 saturated carbocycles. The zero-order valence-corrected chi connectivity index (χ0v) is 12.0. The van der Waals surface area contributed by atoms with Crippen molar-refractivity contribution in [3.05, 3.63) is 37.4 Å². The van der Waals surface area contributed by atoms with Gasteiger partial charge in [-0.05, 0) is 19.8 Å². The number of benzene rings is 1. The Labute approximate surface area is 121 Å². The van der Waals surface area contributed by atoms with Crippen molar-refractivity contribution in [2.24, 2.45) is 0 Å². The zero-order valence-electron chi connectivity index (χ0n) is 12.0. The Balaban J connectivity index is 3.61. The molecule has 0 fully saturated rings. The van der Waals surface area contributed by atoms with Gasteiger partial charge in [-0.15, -0.1) is 0 Å². The lowest BCUT2D eigenvalue weighted by Gasteiger charge is -2.11. The van der Waals surface area contributed by atoms with Gasteiger partial charge < -0.3 is 4.74 Å². The van der Waals surface area contributed by atoms with Crippen molar-refractivity contribution < 1.29 is 19.4 Å². The third-order valence-electron chi connectivity index (χ3n) is 2.98. The summed E-state index contributed by atoms with van der Waals surface area (Å²) in [7, 11) is 0. The smallest absolute Gasteiger partial charge is 0.321 e. The van der Waals surface area contributed by atoms with E-state index in [0.717, 1.165) is 13.3 Å². The van der Waals surface area contributed by atoms with E-state index in [-0.39, 0.29) is 17.0 Å². The molecule has 0 radical (unpaired) electrons. The Kier molecular flexibility index (Phi) is 5.34. The van der Waals surface area contributed by atoms with Gasteiger partial charge in [0.1, 0.15) is 5.56 Å². The van der Waals surface area contributed by atoms with Crippen LogP contribution >= 0.6 is 0 Å². The number of nitro benzene ring substituents is 2. The van der Waals surface area contributed by atoms with E-state index >= 15 is 0 Å². The number of hydrogen-bond acceptors (Lipinski definition) is 6. The van der Waals surface area contributed by atoms with Crippen LogP contribution in [0.4, 0.5) is 11.4 Å². The van der Waals surface area contributed by atoms with E-state index < -0.39 is 21.5 Å². The molecule has 114 valence electrons. The Morgan fingerprint density at radius 2 is 1.90 bits per heavy atom. The number of esters is 1. The fourth-order valence-corrected chi connectivity index (χ4v) is 2.00. The van der Waals surface area contributed by atoms with Gasteiger partial charge in [0.2, 0.25) is 5.75 Å². The second kappa shape index (κ2) is 6.78. The van der Waals surface area contributed by atoms with Crippen LogP contribution in [0.2, 0.25) is 0 Å². The second-order valence-corrected chi connectivity index (χ2v) is 4.57. The molecule has 0 bridgehead atoms. The molecule has 0 saturated heterocycles. The monoisotopic (exact) mass is 296 g/mol. The third kappa shape index (κ3) is 3.74. The summed E-state index contributed by atoms with van der Waals surface area (Å²) in [5.41, 5.74) is -0.688. The molecule has 0 N–H and O–H groups in total. The highest BCUT2D eigenvalue weighted by atomic mass is 16.6. The number of ether oxygens (including phenoxy) is 1. The predicted molar refractivity (Wildman–Crippen MR) is 74.4 cm³/mol. The van der Waals surface area contributed by atoms with E-state index in [9.17, 15) is 25.0 Å². The van der Waals surface area contributed by atoms with Gasteiger partial charge >= 0.3 is 11.7 Å². The number of carbonyl (C=O) groups excluding carboxylic acids is 1. The molecular formula is C13H16N2O6.